The van der Waals surface area contributed by atoms with Crippen LogP contribution in [0.3, 0.4) is 0 Å². The van der Waals surface area contributed by atoms with E-state index in [9.17, 15) is 30.0 Å². The Kier molecular flexibility index (Phi) is 6.41. The summed E-state index contributed by atoms with van der Waals surface area (Å²) in [6.45, 7) is -0.526. The maximum atomic E-state index is 11.4. The van der Waals surface area contributed by atoms with Crippen LogP contribution >= 0.6 is 11.8 Å². The number of hydrogen-bond acceptors (Lipinski definition) is 8. The molecule has 0 aromatic rings. The number of aliphatic hydroxyl groups is 4. The number of nitrogens with one attached hydrogen (secondary N) is 2. The van der Waals surface area contributed by atoms with Crippen molar-refractivity contribution >= 4 is 24.1 Å². The fourth-order valence-electron chi connectivity index (χ4n) is 3.94. The van der Waals surface area contributed by atoms with E-state index in [0.717, 1.165) is 12.2 Å². The van der Waals surface area contributed by atoms with Crippen LogP contribution < -0.4 is 10.6 Å². The molecule has 2 unspecified atom stereocenters. The predicted octanol–water partition coefficient (Wildman–Crippen LogP) is -2.11. The van der Waals surface area contributed by atoms with Crippen molar-refractivity contribution in [2.75, 3.05) is 12.4 Å². The highest BCUT2D eigenvalue weighted by Crippen LogP contribution is 2.34. The first-order chi connectivity index (χ1) is 12.5. The van der Waals surface area contributed by atoms with Gasteiger partial charge in [0, 0.05) is 11.0 Å². The van der Waals surface area contributed by atoms with E-state index in [1.807, 2.05) is 6.29 Å². The topological polar surface area (TPSA) is 148 Å². The molecule has 3 aliphatic rings. The van der Waals surface area contributed by atoms with E-state index in [4.69, 9.17) is 4.74 Å². The largest absolute Gasteiger partial charge is 0.394 e. The Morgan fingerprint density at radius 1 is 1.23 bits per heavy atom. The SMILES string of the molecule is O=[C]C(CCC[C@@H]1SC[C@@H]2NC(=O)N[C@@H]21)C1O[C@H](CO)[C@H](O)[C@H](O)[C@H]1O. The molecule has 1 radical (unpaired) electrons. The van der Waals surface area contributed by atoms with Crippen molar-refractivity contribution in [2.24, 2.45) is 5.92 Å². The van der Waals surface area contributed by atoms with Crippen molar-refractivity contribution in [1.82, 2.24) is 10.6 Å². The Morgan fingerprint density at radius 3 is 2.69 bits per heavy atom. The summed E-state index contributed by atoms with van der Waals surface area (Å²) in [5.41, 5.74) is 0. The average molecular weight is 389 g/mol. The second-order valence-corrected chi connectivity index (χ2v) is 8.34. The molecule has 0 saturated carbocycles. The number of carbonyl (C=O) groups excluding carboxylic acids is 2. The molecule has 3 saturated heterocycles. The lowest BCUT2D eigenvalue weighted by Crippen LogP contribution is -2.60. The van der Waals surface area contributed by atoms with Gasteiger partial charge in [0.2, 0.25) is 6.29 Å². The predicted molar refractivity (Wildman–Crippen MR) is 92.3 cm³/mol. The summed E-state index contributed by atoms with van der Waals surface area (Å²) in [4.78, 5) is 22.8. The lowest BCUT2D eigenvalue weighted by molar-refractivity contribution is -0.236. The number of thioether (sulfide) groups is 1. The number of ether oxygens (including phenoxy) is 1. The van der Waals surface area contributed by atoms with Crippen molar-refractivity contribution in [1.29, 1.82) is 0 Å². The fourth-order valence-corrected chi connectivity index (χ4v) is 5.48. The second-order valence-electron chi connectivity index (χ2n) is 7.07. The van der Waals surface area contributed by atoms with Gasteiger partial charge in [0.1, 0.15) is 24.4 Å². The van der Waals surface area contributed by atoms with E-state index in [1.54, 1.807) is 11.8 Å². The summed E-state index contributed by atoms with van der Waals surface area (Å²) in [7, 11) is 0. The molecule has 2 amide bonds. The van der Waals surface area contributed by atoms with Gasteiger partial charge in [-0.15, -0.1) is 0 Å². The van der Waals surface area contributed by atoms with Crippen LogP contribution in [0.15, 0.2) is 0 Å². The highest BCUT2D eigenvalue weighted by atomic mass is 32.2. The van der Waals surface area contributed by atoms with Gasteiger partial charge >= 0.3 is 6.03 Å². The van der Waals surface area contributed by atoms with Crippen LogP contribution in [-0.4, -0.2) is 93.0 Å². The molecule has 3 fully saturated rings. The van der Waals surface area contributed by atoms with Gasteiger partial charge < -0.3 is 35.8 Å². The summed E-state index contributed by atoms with van der Waals surface area (Å²) >= 11 is 1.77. The third kappa shape index (κ3) is 3.85. The maximum absolute atomic E-state index is 11.4. The average Bonchev–Trinajstić information content (AvgIpc) is 3.17. The molecule has 147 valence electrons. The molecular weight excluding hydrogens is 364 g/mol. The summed E-state index contributed by atoms with van der Waals surface area (Å²) < 4.78 is 5.44. The van der Waals surface area contributed by atoms with Crippen LogP contribution in [0.5, 0.6) is 0 Å². The summed E-state index contributed by atoms with van der Waals surface area (Å²) in [6, 6.07) is 0.0699. The number of carbonyl (C=O) groups is 1. The van der Waals surface area contributed by atoms with Gasteiger partial charge in [-0.05, 0) is 12.8 Å². The number of hydrogen-bond donors (Lipinski definition) is 6. The monoisotopic (exact) mass is 389 g/mol. The molecule has 0 aromatic heterocycles. The zero-order valence-corrected chi connectivity index (χ0v) is 15.0. The Labute approximate surface area is 155 Å². The number of urea groups is 1. The lowest BCUT2D eigenvalue weighted by atomic mass is 9.85. The van der Waals surface area contributed by atoms with E-state index >= 15 is 0 Å². The third-order valence-electron chi connectivity index (χ3n) is 5.42. The number of rotatable bonds is 7. The van der Waals surface area contributed by atoms with Crippen LogP contribution in [0, 0.1) is 5.92 Å². The maximum Gasteiger partial charge on any atom is 0.315 e. The third-order valence-corrected chi connectivity index (χ3v) is 6.93. The van der Waals surface area contributed by atoms with E-state index in [-0.39, 0.29) is 23.4 Å². The smallest absolute Gasteiger partial charge is 0.315 e. The number of aliphatic hydroxyl groups excluding tert-OH is 4. The number of amides is 2. The quantitative estimate of drug-likeness (QED) is 0.271. The normalized spacial score (nSPS) is 43.5. The van der Waals surface area contributed by atoms with E-state index in [2.05, 4.69) is 10.6 Å². The molecule has 0 spiro atoms. The standard InChI is InChI=1S/C16H25N2O7S/c19-4-7(15-14(23)13(22)12(21)9(5-20)25-15)2-1-3-10-11-8(6-26-10)17-16(24)18-11/h7-15,20-23H,1-3,5-6H2,(H2,17,18,24)/t7?,8-,9+,10-,11-,12-,13-,14+,15?/m0/s1. The van der Waals surface area contributed by atoms with Crippen LogP contribution in [-0.2, 0) is 9.53 Å². The van der Waals surface area contributed by atoms with Gasteiger partial charge in [0.25, 0.3) is 0 Å². The molecule has 0 aromatic carbocycles. The zero-order chi connectivity index (χ0) is 18.8. The molecule has 3 aliphatic heterocycles. The van der Waals surface area contributed by atoms with Crippen LogP contribution in [0.2, 0.25) is 0 Å². The van der Waals surface area contributed by atoms with Gasteiger partial charge in [-0.2, -0.15) is 11.8 Å². The van der Waals surface area contributed by atoms with Gasteiger partial charge in [-0.25, -0.2) is 4.79 Å². The molecule has 9 nitrogen and oxygen atoms in total. The van der Waals surface area contributed by atoms with Crippen LogP contribution in [0.4, 0.5) is 4.79 Å². The first-order valence-electron chi connectivity index (χ1n) is 8.83. The number of fused-ring (bicyclic) bond motifs is 1. The molecule has 3 heterocycles. The Balaban J connectivity index is 1.53. The van der Waals surface area contributed by atoms with Crippen molar-refractivity contribution in [3.8, 4) is 0 Å². The first kappa shape index (κ1) is 19.8. The molecule has 3 rings (SSSR count). The minimum atomic E-state index is -1.49. The van der Waals surface area contributed by atoms with Crippen molar-refractivity contribution in [2.45, 2.75) is 67.1 Å². The zero-order valence-electron chi connectivity index (χ0n) is 14.2. The van der Waals surface area contributed by atoms with E-state index in [0.29, 0.717) is 12.8 Å². The molecule has 10 heteroatoms. The summed E-state index contributed by atoms with van der Waals surface area (Å²) in [5.74, 6) is 0.0731. The van der Waals surface area contributed by atoms with Crippen LogP contribution in [0.1, 0.15) is 19.3 Å². The molecule has 6 N–H and O–H groups in total. The minimum Gasteiger partial charge on any atom is -0.394 e. The summed E-state index contributed by atoms with van der Waals surface area (Å²) in [5, 5.41) is 45.1. The highest BCUT2D eigenvalue weighted by molar-refractivity contribution is 8.00. The first-order valence-corrected chi connectivity index (χ1v) is 9.88. The molecule has 26 heavy (non-hydrogen) atoms. The highest BCUT2D eigenvalue weighted by Gasteiger charge is 2.47. The van der Waals surface area contributed by atoms with Crippen LogP contribution in [0.25, 0.3) is 0 Å². The van der Waals surface area contributed by atoms with Crippen molar-refractivity contribution in [3.05, 3.63) is 0 Å². The van der Waals surface area contributed by atoms with E-state index in [1.165, 1.54) is 0 Å². The van der Waals surface area contributed by atoms with Gasteiger partial charge in [0.05, 0.1) is 30.7 Å². The molecule has 9 atom stereocenters. The van der Waals surface area contributed by atoms with E-state index < -0.39 is 43.0 Å². The van der Waals surface area contributed by atoms with Crippen molar-refractivity contribution in [3.63, 3.8) is 0 Å². The fraction of sp³-hybridized carbons (Fsp3) is 0.875. The minimum absolute atomic E-state index is 0.0819. The van der Waals surface area contributed by atoms with Crippen molar-refractivity contribution < 1.29 is 34.8 Å². The second kappa shape index (κ2) is 8.41. The Morgan fingerprint density at radius 2 is 2.00 bits per heavy atom. The summed E-state index contributed by atoms with van der Waals surface area (Å²) in [6.07, 6.45) is -2.72. The molecule has 0 aliphatic carbocycles. The Bertz CT molecular complexity index is 523. The Hall–Kier alpha value is -0.910. The van der Waals surface area contributed by atoms with Gasteiger partial charge in [0.15, 0.2) is 0 Å². The molecular formula is C16H25N2O7S. The van der Waals surface area contributed by atoms with Gasteiger partial charge in [-0.1, -0.05) is 6.42 Å². The van der Waals surface area contributed by atoms with Gasteiger partial charge in [-0.3, -0.25) is 4.79 Å². The molecule has 0 bridgehead atoms. The lowest BCUT2D eigenvalue weighted by Gasteiger charge is -2.41.